The fourth-order valence-electron chi connectivity index (χ4n) is 2.62. The molecule has 1 unspecified atom stereocenters. The molecular formula is C21H30N2O2S. The molecule has 0 spiro atoms. The van der Waals surface area contributed by atoms with E-state index in [0.29, 0.717) is 25.5 Å². The molecule has 0 N–H and O–H groups in total. The number of rotatable bonds is 9. The molecule has 0 saturated heterocycles. The van der Waals surface area contributed by atoms with Gasteiger partial charge in [-0.1, -0.05) is 38.5 Å². The Bertz CT molecular complexity index is 694. The Kier molecular flexibility index (Phi) is 7.64. The predicted octanol–water partition coefficient (Wildman–Crippen LogP) is 5.20. The summed E-state index contributed by atoms with van der Waals surface area (Å²) in [7, 11) is 0. The number of nitrogens with zero attached hydrogens (tertiary/aromatic N) is 2. The predicted molar refractivity (Wildman–Crippen MR) is 107 cm³/mol. The van der Waals surface area contributed by atoms with Gasteiger partial charge in [0.05, 0.1) is 12.2 Å². The van der Waals surface area contributed by atoms with Crippen LogP contribution in [-0.2, 0) is 17.9 Å². The molecule has 1 heterocycles. The van der Waals surface area contributed by atoms with Gasteiger partial charge in [0, 0.05) is 17.8 Å². The average molecular weight is 375 g/mol. The molecule has 0 aliphatic carbocycles. The number of ether oxygens (including phenoxy) is 1. The summed E-state index contributed by atoms with van der Waals surface area (Å²) >= 11 is 1.58. The first-order valence-electron chi connectivity index (χ1n) is 9.31. The number of carbonyl (C=O) groups is 1. The lowest BCUT2D eigenvalue weighted by atomic mass is 10.1. The van der Waals surface area contributed by atoms with Gasteiger partial charge in [-0.25, -0.2) is 4.98 Å². The number of aryl methyl sites for hydroxylation is 1. The highest BCUT2D eigenvalue weighted by Crippen LogP contribution is 2.19. The fourth-order valence-corrected chi connectivity index (χ4v) is 3.31. The molecule has 4 nitrogen and oxygen atoms in total. The summed E-state index contributed by atoms with van der Waals surface area (Å²) in [4.78, 5) is 19.2. The smallest absolute Gasteiger partial charge is 0.223 e. The maximum atomic E-state index is 12.6. The number of aromatic nitrogens is 1. The van der Waals surface area contributed by atoms with Crippen molar-refractivity contribution in [1.29, 1.82) is 0 Å². The zero-order chi connectivity index (χ0) is 19.1. The van der Waals surface area contributed by atoms with Gasteiger partial charge >= 0.3 is 0 Å². The molecule has 1 amide bonds. The topological polar surface area (TPSA) is 42.4 Å². The second kappa shape index (κ2) is 9.72. The molecule has 26 heavy (non-hydrogen) atoms. The molecule has 142 valence electrons. The van der Waals surface area contributed by atoms with E-state index in [4.69, 9.17) is 4.74 Å². The Hall–Kier alpha value is -1.88. The Balaban J connectivity index is 1.97. The molecule has 1 atom stereocenters. The summed E-state index contributed by atoms with van der Waals surface area (Å²) in [6.07, 6.45) is 1.52. The highest BCUT2D eigenvalue weighted by molar-refractivity contribution is 7.09. The van der Waals surface area contributed by atoms with Gasteiger partial charge in [0.2, 0.25) is 5.91 Å². The molecule has 0 aliphatic rings. The van der Waals surface area contributed by atoms with E-state index in [2.05, 4.69) is 39.6 Å². The molecule has 2 aromatic rings. The lowest BCUT2D eigenvalue weighted by Gasteiger charge is -2.28. The molecular weight excluding hydrogens is 344 g/mol. The van der Waals surface area contributed by atoms with Crippen LogP contribution in [0, 0.1) is 12.8 Å². The second-order valence-corrected chi connectivity index (χ2v) is 8.15. The summed E-state index contributed by atoms with van der Waals surface area (Å²) in [5.74, 6) is 1.42. The molecule has 0 bridgehead atoms. The van der Waals surface area contributed by atoms with Crippen LogP contribution in [0.3, 0.4) is 0 Å². The van der Waals surface area contributed by atoms with Crippen LogP contribution in [0.15, 0.2) is 29.6 Å². The lowest BCUT2D eigenvalue weighted by molar-refractivity contribution is -0.134. The minimum Gasteiger partial charge on any atom is -0.486 e. The summed E-state index contributed by atoms with van der Waals surface area (Å²) in [5, 5.41) is 2.97. The monoisotopic (exact) mass is 374 g/mol. The standard InChI is InChI=1S/C21H30N2O2S/c1-6-17(5)23(21(24)11-15(2)3)12-18-14-26-20(22-18)13-25-19-9-7-16(4)8-10-19/h7-10,14-15,17H,6,11-13H2,1-5H3. The SMILES string of the molecule is CCC(C)N(Cc1csc(COc2ccc(C)cc2)n1)C(=O)CC(C)C. The average Bonchev–Trinajstić information content (AvgIpc) is 3.05. The maximum Gasteiger partial charge on any atom is 0.223 e. The van der Waals surface area contributed by atoms with Crippen molar-refractivity contribution >= 4 is 17.2 Å². The number of amides is 1. The van der Waals surface area contributed by atoms with E-state index >= 15 is 0 Å². The third-order valence-corrected chi connectivity index (χ3v) is 5.21. The Morgan fingerprint density at radius 2 is 1.92 bits per heavy atom. The van der Waals surface area contributed by atoms with Crippen LogP contribution in [-0.4, -0.2) is 21.8 Å². The van der Waals surface area contributed by atoms with Gasteiger partial charge in [0.25, 0.3) is 0 Å². The molecule has 0 fully saturated rings. The third kappa shape index (κ3) is 6.13. The van der Waals surface area contributed by atoms with Crippen molar-refractivity contribution in [2.24, 2.45) is 5.92 Å². The highest BCUT2D eigenvalue weighted by atomic mass is 32.1. The first-order chi connectivity index (χ1) is 12.4. The number of hydrogen-bond acceptors (Lipinski definition) is 4. The van der Waals surface area contributed by atoms with Crippen molar-refractivity contribution in [1.82, 2.24) is 9.88 Å². The first kappa shape index (κ1) is 20.4. The lowest BCUT2D eigenvalue weighted by Crippen LogP contribution is -2.38. The molecule has 5 heteroatoms. The van der Waals surface area contributed by atoms with Crippen LogP contribution in [0.4, 0.5) is 0 Å². The molecule has 1 aromatic carbocycles. The summed E-state index contributed by atoms with van der Waals surface area (Å²) < 4.78 is 5.80. The number of hydrogen-bond donors (Lipinski definition) is 0. The molecule has 0 saturated carbocycles. The Morgan fingerprint density at radius 1 is 1.23 bits per heavy atom. The van der Waals surface area contributed by atoms with Gasteiger partial charge in [-0.15, -0.1) is 11.3 Å². The number of benzene rings is 1. The van der Waals surface area contributed by atoms with Crippen LogP contribution in [0.5, 0.6) is 5.75 Å². The van der Waals surface area contributed by atoms with Crippen molar-refractivity contribution < 1.29 is 9.53 Å². The van der Waals surface area contributed by atoms with Gasteiger partial charge in [-0.3, -0.25) is 4.79 Å². The van der Waals surface area contributed by atoms with E-state index in [1.165, 1.54) is 5.56 Å². The van der Waals surface area contributed by atoms with Gasteiger partial charge in [-0.2, -0.15) is 0 Å². The van der Waals surface area contributed by atoms with E-state index in [9.17, 15) is 4.79 Å². The zero-order valence-electron chi connectivity index (χ0n) is 16.5. The van der Waals surface area contributed by atoms with E-state index < -0.39 is 0 Å². The van der Waals surface area contributed by atoms with Crippen molar-refractivity contribution in [2.45, 2.75) is 66.7 Å². The third-order valence-electron chi connectivity index (χ3n) is 4.34. The Morgan fingerprint density at radius 3 is 2.54 bits per heavy atom. The molecule has 2 rings (SSSR count). The molecule has 0 aliphatic heterocycles. The quantitative estimate of drug-likeness (QED) is 0.605. The van der Waals surface area contributed by atoms with Crippen molar-refractivity contribution in [3.05, 3.63) is 45.9 Å². The normalized spacial score (nSPS) is 12.2. The number of thiazole rings is 1. The minimum atomic E-state index is 0.208. The van der Waals surface area contributed by atoms with Crippen LogP contribution in [0.25, 0.3) is 0 Å². The Labute approximate surface area is 161 Å². The highest BCUT2D eigenvalue weighted by Gasteiger charge is 2.21. The largest absolute Gasteiger partial charge is 0.486 e. The van der Waals surface area contributed by atoms with Crippen molar-refractivity contribution in [3.8, 4) is 5.75 Å². The summed E-state index contributed by atoms with van der Waals surface area (Å²) in [6.45, 7) is 11.5. The van der Waals surface area contributed by atoms with Crippen LogP contribution in [0.2, 0.25) is 0 Å². The van der Waals surface area contributed by atoms with Gasteiger partial charge in [0.1, 0.15) is 17.4 Å². The van der Waals surface area contributed by atoms with Crippen molar-refractivity contribution in [2.75, 3.05) is 0 Å². The van der Waals surface area contributed by atoms with E-state index in [1.807, 2.05) is 34.5 Å². The summed E-state index contributed by atoms with van der Waals surface area (Å²) in [5.41, 5.74) is 2.15. The van der Waals surface area contributed by atoms with Crippen molar-refractivity contribution in [3.63, 3.8) is 0 Å². The molecule has 0 radical (unpaired) electrons. The van der Waals surface area contributed by atoms with Crippen LogP contribution in [0.1, 0.15) is 56.8 Å². The van der Waals surface area contributed by atoms with Crippen LogP contribution < -0.4 is 4.74 Å². The van der Waals surface area contributed by atoms with Gasteiger partial charge in [-0.05, 0) is 38.3 Å². The zero-order valence-corrected chi connectivity index (χ0v) is 17.3. The number of carbonyl (C=O) groups excluding carboxylic acids is 1. The second-order valence-electron chi connectivity index (χ2n) is 7.21. The maximum absolute atomic E-state index is 12.6. The summed E-state index contributed by atoms with van der Waals surface area (Å²) in [6, 6.07) is 8.23. The fraction of sp³-hybridized carbons (Fsp3) is 0.524. The first-order valence-corrected chi connectivity index (χ1v) is 10.2. The van der Waals surface area contributed by atoms with E-state index in [0.717, 1.165) is 22.9 Å². The van der Waals surface area contributed by atoms with E-state index in [1.54, 1.807) is 11.3 Å². The van der Waals surface area contributed by atoms with Crippen LogP contribution >= 0.6 is 11.3 Å². The van der Waals surface area contributed by atoms with E-state index in [-0.39, 0.29) is 11.9 Å². The van der Waals surface area contributed by atoms with Gasteiger partial charge < -0.3 is 9.64 Å². The minimum absolute atomic E-state index is 0.208. The van der Waals surface area contributed by atoms with Gasteiger partial charge in [0.15, 0.2) is 0 Å². The molecule has 1 aromatic heterocycles.